The molecule has 0 aliphatic rings. The van der Waals surface area contributed by atoms with Gasteiger partial charge in [-0.2, -0.15) is 0 Å². The molecule has 24 N–H and O–H groups in total. The van der Waals surface area contributed by atoms with Crippen LogP contribution >= 0.6 is 0 Å². The number of aliphatic hydroxyl groups excluding tert-OH is 24. The first-order chi connectivity index (χ1) is 22.2. The van der Waals surface area contributed by atoms with E-state index in [-0.39, 0.29) is 264 Å². The fraction of sp³-hybridized carbons (Fsp3) is 1.00. The van der Waals surface area contributed by atoms with Gasteiger partial charge in [0.05, 0.1) is 52.9 Å². The SMILES string of the molecule is OC[C@@H](O)[C@@H](O)[C@H](O)[C@H](O)CO.OC[C@@H](O)[C@@H](O)[C@H](O)[C@H](O)CO.OC[C@@H](O)[C@@H](O)[C@H](O)[C@H](O)CO.OC[C@@H](O)[C@@H](O)[C@H](O)[C@H](O)CO.[Ar].[Ar].[Ar].[Ar].[Ar].[Ar].[Ar]. The fourth-order valence-electron chi connectivity index (χ4n) is 2.68. The average Bonchev–Trinajstić information content (AvgIpc) is 3.12. The summed E-state index contributed by atoms with van der Waals surface area (Å²) in [5, 5.41) is 209. The zero-order valence-corrected chi connectivity index (χ0v) is 33.1. The van der Waals surface area contributed by atoms with Crippen molar-refractivity contribution in [1.82, 2.24) is 0 Å². The summed E-state index contributed by atoms with van der Waals surface area (Å²) in [5.74, 6) is 0. The van der Waals surface area contributed by atoms with Crippen LogP contribution in [-0.4, -0.2) is 273 Å². The van der Waals surface area contributed by atoms with E-state index in [1.165, 1.54) is 0 Å². The van der Waals surface area contributed by atoms with Gasteiger partial charge in [-0.15, -0.1) is 0 Å². The summed E-state index contributed by atoms with van der Waals surface area (Å²) in [6, 6.07) is 0. The smallest absolute Gasteiger partial charge is 0.111 e. The maximum Gasteiger partial charge on any atom is 0.111 e. The molecule has 31 heteroatoms. The number of hydrogen-bond acceptors (Lipinski definition) is 24. The molecular formula is C24H56Ar7O24. The largest absolute Gasteiger partial charge is 0.394 e. The number of rotatable bonds is 20. The number of aliphatic hydroxyl groups is 24. The Morgan fingerprint density at radius 3 is 0.255 bits per heavy atom. The van der Waals surface area contributed by atoms with E-state index in [9.17, 15) is 0 Å². The predicted octanol–water partition coefficient (Wildman–Crippen LogP) is -14.3. The summed E-state index contributed by atoms with van der Waals surface area (Å²) in [6.45, 7) is -5.81. The molecule has 0 saturated carbocycles. The molecule has 0 spiro atoms. The summed E-state index contributed by atoms with van der Waals surface area (Å²) >= 11 is 0. The zero-order chi connectivity index (χ0) is 38.9. The molecule has 0 saturated heterocycles. The predicted molar refractivity (Wildman–Crippen MR) is 153 cm³/mol. The Morgan fingerprint density at radius 1 is 0.164 bits per heavy atom. The monoisotopic (exact) mass is 1010 g/mol. The van der Waals surface area contributed by atoms with Crippen molar-refractivity contribution in [3.63, 3.8) is 0 Å². The Bertz CT molecular complexity index is 561. The van der Waals surface area contributed by atoms with Crippen molar-refractivity contribution in [1.29, 1.82) is 0 Å². The van der Waals surface area contributed by atoms with Crippen molar-refractivity contribution < 1.29 is 387 Å². The van der Waals surface area contributed by atoms with E-state index in [4.69, 9.17) is 123 Å². The molecule has 0 aliphatic heterocycles. The molecule has 0 aliphatic carbocycles. The van der Waals surface area contributed by atoms with Crippen LogP contribution < -0.4 is 0 Å². The fourth-order valence-corrected chi connectivity index (χ4v) is 2.68. The average molecular weight is 1010 g/mol. The Kier molecular flexibility index (Phi) is 91.4. The topological polar surface area (TPSA) is 486 Å². The summed E-state index contributed by atoms with van der Waals surface area (Å²) in [5.41, 5.74) is 0. The van der Waals surface area contributed by atoms with Crippen LogP contribution in [0.1, 0.15) is 0 Å². The Balaban J connectivity index is -0.0000000500. The van der Waals surface area contributed by atoms with Gasteiger partial charge < -0.3 is 123 Å². The minimum atomic E-state index is -1.67. The molecular weight excluding hydrogens is 952 g/mol. The van der Waals surface area contributed by atoms with Gasteiger partial charge in [0.1, 0.15) is 97.7 Å². The van der Waals surface area contributed by atoms with E-state index >= 15 is 0 Å². The van der Waals surface area contributed by atoms with Crippen LogP contribution in [0.3, 0.4) is 0 Å². The molecule has 0 heterocycles. The van der Waals surface area contributed by atoms with Crippen molar-refractivity contribution in [3.8, 4) is 0 Å². The Hall–Kier alpha value is 7.86. The molecule has 0 aromatic rings. The van der Waals surface area contributed by atoms with E-state index in [0.29, 0.717) is 0 Å². The van der Waals surface area contributed by atoms with Crippen LogP contribution in [-0.2, 0) is 0 Å². The zero-order valence-electron chi connectivity index (χ0n) is 28.1. The van der Waals surface area contributed by atoms with Gasteiger partial charge in [-0.25, -0.2) is 0 Å². The molecule has 24 nitrogen and oxygen atoms in total. The Labute approximate surface area is 526 Å². The van der Waals surface area contributed by atoms with Crippen LogP contribution in [0.2, 0.25) is 0 Å². The molecule has 0 fully saturated rings. The summed E-state index contributed by atoms with van der Waals surface area (Å²) < 4.78 is 0. The van der Waals surface area contributed by atoms with Crippen LogP contribution in [0.4, 0.5) is 0 Å². The van der Waals surface area contributed by atoms with Crippen molar-refractivity contribution in [2.75, 3.05) is 52.9 Å². The normalized spacial score (nSPS) is 18.8. The number of hydrogen-bond donors (Lipinski definition) is 24. The molecule has 55 heavy (non-hydrogen) atoms. The molecule has 0 unspecified atom stereocenters. The van der Waals surface area contributed by atoms with Gasteiger partial charge in [-0.05, 0) is 0 Å². The van der Waals surface area contributed by atoms with E-state index in [0.717, 1.165) is 0 Å². The van der Waals surface area contributed by atoms with Gasteiger partial charge >= 0.3 is 0 Å². The van der Waals surface area contributed by atoms with Crippen LogP contribution in [0.25, 0.3) is 0 Å². The second-order valence-corrected chi connectivity index (χ2v) is 9.92. The first-order valence-electron chi connectivity index (χ1n) is 13.9. The first kappa shape index (κ1) is 89.4. The third-order valence-electron chi connectivity index (χ3n) is 6.05. The van der Waals surface area contributed by atoms with Crippen molar-refractivity contribution in [2.24, 2.45) is 0 Å². The second-order valence-electron chi connectivity index (χ2n) is 9.92. The van der Waals surface area contributed by atoms with E-state index in [2.05, 4.69) is 0 Å². The minimum absolute atomic E-state index is 0. The van der Waals surface area contributed by atoms with Crippen LogP contribution in [0.15, 0.2) is 0 Å². The minimum Gasteiger partial charge on any atom is -0.394 e. The van der Waals surface area contributed by atoms with Gasteiger partial charge in [0, 0.05) is 264 Å². The molecule has 0 amide bonds. The van der Waals surface area contributed by atoms with E-state index in [1.807, 2.05) is 0 Å². The first-order valence-corrected chi connectivity index (χ1v) is 13.9. The molecule has 0 aromatic carbocycles. The molecule has 0 bridgehead atoms. The second kappa shape index (κ2) is 56.2. The van der Waals surface area contributed by atoms with Gasteiger partial charge in [0.2, 0.25) is 0 Å². The standard InChI is InChI=1S/4C6H14O6.7Ar/c4*7-1-3(9)5(11)6(12)4(10)2-8;;;;;;;/h4*3-12H,1-2H2;;;;;;;/t4*3-,4-,5-,6-;;;;;;;/m1111......./s1. The summed E-state index contributed by atoms with van der Waals surface area (Å²) in [7, 11) is 0. The summed E-state index contributed by atoms with van der Waals surface area (Å²) in [6.07, 6.45) is -25.6. The molecule has 0 rings (SSSR count). The van der Waals surface area contributed by atoms with Crippen LogP contribution in [0.5, 0.6) is 0 Å². The van der Waals surface area contributed by atoms with E-state index in [1.54, 1.807) is 0 Å². The van der Waals surface area contributed by atoms with Gasteiger partial charge in [0.15, 0.2) is 0 Å². The van der Waals surface area contributed by atoms with E-state index < -0.39 is 151 Å². The molecule has 0 aromatic heterocycles. The molecule has 16 atom stereocenters. The van der Waals surface area contributed by atoms with Crippen molar-refractivity contribution in [2.45, 2.75) is 97.7 Å². The third kappa shape index (κ3) is 42.9. The van der Waals surface area contributed by atoms with Gasteiger partial charge in [-0.3, -0.25) is 0 Å². The van der Waals surface area contributed by atoms with Gasteiger partial charge in [-0.1, -0.05) is 0 Å². The third-order valence-corrected chi connectivity index (χ3v) is 6.05. The van der Waals surface area contributed by atoms with Crippen LogP contribution in [0, 0.1) is 264 Å². The molecule has 352 valence electrons. The van der Waals surface area contributed by atoms with Crippen molar-refractivity contribution >= 4 is 0 Å². The van der Waals surface area contributed by atoms with Crippen molar-refractivity contribution in [3.05, 3.63) is 0 Å². The quantitative estimate of drug-likeness (QED) is 0.0538. The maximum atomic E-state index is 8.96. The summed E-state index contributed by atoms with van der Waals surface area (Å²) in [4.78, 5) is 0. The van der Waals surface area contributed by atoms with Gasteiger partial charge in [0.25, 0.3) is 0 Å². The Morgan fingerprint density at radius 2 is 0.218 bits per heavy atom. The maximum absolute atomic E-state index is 8.96. The molecule has 0 radical (unpaired) electrons.